The van der Waals surface area contributed by atoms with Gasteiger partial charge in [-0.3, -0.25) is 9.59 Å². The third-order valence-corrected chi connectivity index (χ3v) is 5.51. The SMILES string of the molecule is Cc1ccc(-c2cc(C(=O)N3CCCC[C@@H]3C(=O)NC3CC3)no2)cc1C. The fourth-order valence-corrected chi connectivity index (χ4v) is 3.53. The van der Waals surface area contributed by atoms with Gasteiger partial charge in [-0.2, -0.15) is 0 Å². The van der Waals surface area contributed by atoms with Crippen LogP contribution in [0.15, 0.2) is 28.8 Å². The smallest absolute Gasteiger partial charge is 0.276 e. The molecule has 2 fully saturated rings. The minimum atomic E-state index is -0.409. The van der Waals surface area contributed by atoms with Crippen molar-refractivity contribution < 1.29 is 14.1 Å². The highest BCUT2D eigenvalue weighted by atomic mass is 16.5. The molecule has 142 valence electrons. The molecule has 0 bridgehead atoms. The van der Waals surface area contributed by atoms with Crippen LogP contribution in [0, 0.1) is 13.8 Å². The van der Waals surface area contributed by atoms with Crippen molar-refractivity contribution in [2.75, 3.05) is 6.54 Å². The Morgan fingerprint density at radius 1 is 1.11 bits per heavy atom. The maximum absolute atomic E-state index is 13.0. The quantitative estimate of drug-likeness (QED) is 0.900. The van der Waals surface area contributed by atoms with Gasteiger partial charge in [-0.1, -0.05) is 17.3 Å². The number of piperidine rings is 1. The number of carbonyl (C=O) groups is 2. The van der Waals surface area contributed by atoms with Crippen molar-refractivity contribution in [1.82, 2.24) is 15.4 Å². The van der Waals surface area contributed by atoms with Gasteiger partial charge in [0, 0.05) is 24.2 Å². The summed E-state index contributed by atoms with van der Waals surface area (Å²) in [7, 11) is 0. The number of aryl methyl sites for hydroxylation is 2. The van der Waals surface area contributed by atoms with Crippen LogP contribution in [-0.2, 0) is 4.79 Å². The topological polar surface area (TPSA) is 75.4 Å². The average molecular weight is 367 g/mol. The molecule has 2 amide bonds. The van der Waals surface area contributed by atoms with Crippen LogP contribution in [0.1, 0.15) is 53.7 Å². The van der Waals surface area contributed by atoms with Crippen LogP contribution in [-0.4, -0.2) is 40.5 Å². The molecule has 1 aromatic heterocycles. The highest BCUT2D eigenvalue weighted by Crippen LogP contribution is 2.26. The number of amides is 2. The van der Waals surface area contributed by atoms with E-state index in [1.165, 1.54) is 5.56 Å². The van der Waals surface area contributed by atoms with Crippen LogP contribution in [0.3, 0.4) is 0 Å². The monoisotopic (exact) mass is 367 g/mol. The normalized spacial score (nSPS) is 19.8. The number of nitrogens with one attached hydrogen (secondary N) is 1. The Morgan fingerprint density at radius 2 is 1.93 bits per heavy atom. The summed E-state index contributed by atoms with van der Waals surface area (Å²) in [6.45, 7) is 4.67. The van der Waals surface area contributed by atoms with E-state index in [-0.39, 0.29) is 17.5 Å². The number of rotatable bonds is 4. The number of nitrogens with zero attached hydrogens (tertiary/aromatic N) is 2. The van der Waals surface area contributed by atoms with Gasteiger partial charge in [0.1, 0.15) is 6.04 Å². The van der Waals surface area contributed by atoms with Crippen molar-refractivity contribution >= 4 is 11.8 Å². The first-order valence-corrected chi connectivity index (χ1v) is 9.68. The molecule has 2 aliphatic rings. The Hall–Kier alpha value is -2.63. The van der Waals surface area contributed by atoms with Gasteiger partial charge in [-0.25, -0.2) is 0 Å². The van der Waals surface area contributed by atoms with E-state index < -0.39 is 6.04 Å². The van der Waals surface area contributed by atoms with E-state index in [9.17, 15) is 9.59 Å². The molecule has 27 heavy (non-hydrogen) atoms. The fraction of sp³-hybridized carbons (Fsp3) is 0.476. The minimum Gasteiger partial charge on any atom is -0.355 e. The zero-order chi connectivity index (χ0) is 19.0. The van der Waals surface area contributed by atoms with E-state index >= 15 is 0 Å². The zero-order valence-corrected chi connectivity index (χ0v) is 15.8. The maximum atomic E-state index is 13.0. The third-order valence-electron chi connectivity index (χ3n) is 5.51. The molecule has 4 rings (SSSR count). The second-order valence-electron chi connectivity index (χ2n) is 7.67. The Kier molecular flexibility index (Phi) is 4.72. The van der Waals surface area contributed by atoms with Crippen LogP contribution in [0.5, 0.6) is 0 Å². The molecular weight excluding hydrogens is 342 g/mol. The first-order chi connectivity index (χ1) is 13.0. The largest absolute Gasteiger partial charge is 0.355 e. The summed E-state index contributed by atoms with van der Waals surface area (Å²) in [6, 6.07) is 7.57. The fourth-order valence-electron chi connectivity index (χ4n) is 3.53. The predicted octanol–water partition coefficient (Wildman–Crippen LogP) is 3.23. The summed E-state index contributed by atoms with van der Waals surface area (Å²) in [5, 5.41) is 7.01. The first kappa shape index (κ1) is 17.8. The van der Waals surface area contributed by atoms with E-state index in [0.29, 0.717) is 24.8 Å². The molecule has 1 atom stereocenters. The Balaban J connectivity index is 1.53. The van der Waals surface area contributed by atoms with E-state index in [4.69, 9.17) is 4.52 Å². The summed E-state index contributed by atoms with van der Waals surface area (Å²) in [5.41, 5.74) is 3.51. The average Bonchev–Trinajstić information content (AvgIpc) is 3.35. The van der Waals surface area contributed by atoms with Crippen LogP contribution in [0.4, 0.5) is 0 Å². The highest BCUT2D eigenvalue weighted by Gasteiger charge is 2.36. The van der Waals surface area contributed by atoms with Crippen LogP contribution >= 0.6 is 0 Å². The van der Waals surface area contributed by atoms with Gasteiger partial charge in [0.2, 0.25) is 5.91 Å². The molecule has 0 spiro atoms. The van der Waals surface area contributed by atoms with E-state index in [1.807, 2.05) is 25.1 Å². The molecular formula is C21H25N3O3. The molecule has 1 aliphatic carbocycles. The maximum Gasteiger partial charge on any atom is 0.276 e. The highest BCUT2D eigenvalue weighted by molar-refractivity contribution is 5.97. The summed E-state index contributed by atoms with van der Waals surface area (Å²) in [6.07, 6.45) is 4.64. The summed E-state index contributed by atoms with van der Waals surface area (Å²) in [5.74, 6) is 0.297. The second kappa shape index (κ2) is 7.18. The summed E-state index contributed by atoms with van der Waals surface area (Å²) >= 11 is 0. The van der Waals surface area contributed by atoms with Gasteiger partial charge in [0.25, 0.3) is 5.91 Å². The van der Waals surface area contributed by atoms with Crippen molar-refractivity contribution in [3.05, 3.63) is 41.1 Å². The number of hydrogen-bond acceptors (Lipinski definition) is 4. The standard InChI is InChI=1S/C21H25N3O3/c1-13-6-7-15(11-14(13)2)19-12-17(23-27-19)21(26)24-10-4-3-5-18(24)20(25)22-16-8-9-16/h6-7,11-12,16,18H,3-5,8-10H2,1-2H3,(H,22,25)/t18-/m1/s1. The van der Waals surface area contributed by atoms with Gasteiger partial charge >= 0.3 is 0 Å². The molecule has 1 saturated carbocycles. The minimum absolute atomic E-state index is 0.0385. The van der Waals surface area contributed by atoms with Gasteiger partial charge in [-0.15, -0.1) is 0 Å². The van der Waals surface area contributed by atoms with E-state index in [2.05, 4.69) is 17.4 Å². The number of aromatic nitrogens is 1. The van der Waals surface area contributed by atoms with Crippen LogP contribution in [0.25, 0.3) is 11.3 Å². The number of likely N-dealkylation sites (tertiary alicyclic amines) is 1. The van der Waals surface area contributed by atoms with Crippen LogP contribution in [0.2, 0.25) is 0 Å². The molecule has 0 radical (unpaired) electrons. The lowest BCUT2D eigenvalue weighted by Crippen LogP contribution is -2.52. The van der Waals surface area contributed by atoms with E-state index in [0.717, 1.165) is 36.8 Å². The predicted molar refractivity (Wildman–Crippen MR) is 101 cm³/mol. The number of benzene rings is 1. The molecule has 6 heteroatoms. The number of hydrogen-bond donors (Lipinski definition) is 1. The molecule has 6 nitrogen and oxygen atoms in total. The van der Waals surface area contributed by atoms with Gasteiger partial charge < -0.3 is 14.7 Å². The number of carbonyl (C=O) groups excluding carboxylic acids is 2. The van der Waals surface area contributed by atoms with Crippen molar-refractivity contribution in [3.63, 3.8) is 0 Å². The molecule has 1 aromatic carbocycles. The van der Waals surface area contributed by atoms with Crippen molar-refractivity contribution in [1.29, 1.82) is 0 Å². The molecule has 1 aliphatic heterocycles. The zero-order valence-electron chi connectivity index (χ0n) is 15.8. The summed E-state index contributed by atoms with van der Waals surface area (Å²) < 4.78 is 5.43. The van der Waals surface area contributed by atoms with Crippen molar-refractivity contribution in [2.45, 2.75) is 58.0 Å². The molecule has 0 unspecified atom stereocenters. The molecule has 2 heterocycles. The van der Waals surface area contributed by atoms with Crippen LogP contribution < -0.4 is 5.32 Å². The lowest BCUT2D eigenvalue weighted by atomic mass is 10.0. The third kappa shape index (κ3) is 3.75. The van der Waals surface area contributed by atoms with Gasteiger partial charge in [0.15, 0.2) is 11.5 Å². The molecule has 2 aromatic rings. The lowest BCUT2D eigenvalue weighted by molar-refractivity contribution is -0.126. The second-order valence-corrected chi connectivity index (χ2v) is 7.67. The molecule has 1 saturated heterocycles. The lowest BCUT2D eigenvalue weighted by Gasteiger charge is -2.34. The summed E-state index contributed by atoms with van der Waals surface area (Å²) in [4.78, 5) is 27.2. The Labute approximate surface area is 158 Å². The Bertz CT molecular complexity index is 869. The van der Waals surface area contributed by atoms with Crippen molar-refractivity contribution in [3.8, 4) is 11.3 Å². The van der Waals surface area contributed by atoms with E-state index in [1.54, 1.807) is 11.0 Å². The Morgan fingerprint density at radius 3 is 2.67 bits per heavy atom. The molecule has 1 N–H and O–H groups in total. The van der Waals surface area contributed by atoms with Gasteiger partial charge in [-0.05, 0) is 63.1 Å². The van der Waals surface area contributed by atoms with Gasteiger partial charge in [0.05, 0.1) is 0 Å². The van der Waals surface area contributed by atoms with Crippen molar-refractivity contribution in [2.24, 2.45) is 0 Å². The first-order valence-electron chi connectivity index (χ1n) is 9.68.